The van der Waals surface area contributed by atoms with E-state index in [9.17, 15) is 19.5 Å². The number of nitrogens with one attached hydrogen (secondary N) is 3. The van der Waals surface area contributed by atoms with Crippen molar-refractivity contribution in [3.63, 3.8) is 0 Å². The van der Waals surface area contributed by atoms with E-state index < -0.39 is 30.6 Å². The summed E-state index contributed by atoms with van der Waals surface area (Å²) in [6, 6.07) is -2.13. The Morgan fingerprint density at radius 3 is 2.53 bits per heavy atom. The maximum atomic E-state index is 13.4. The van der Waals surface area contributed by atoms with E-state index in [0.717, 1.165) is 19.3 Å². The van der Waals surface area contributed by atoms with Gasteiger partial charge in [-0.05, 0) is 74.7 Å². The van der Waals surface area contributed by atoms with Gasteiger partial charge >= 0.3 is 6.09 Å². The van der Waals surface area contributed by atoms with Gasteiger partial charge in [0.05, 0.1) is 31.4 Å². The van der Waals surface area contributed by atoms with Crippen LogP contribution in [0.15, 0.2) is 35.1 Å². The SMILES string of the molecule is C=C/C(C)=C(/C#CC#Cc1cnc([C@@H]2CCCN2C(=O)[C@@H](C)NC(O)OC)[nH]1)N=C(N)[C@@H]1CCCN1C(=O)[C@@H](NC(=O)OC)C(C)C. The van der Waals surface area contributed by atoms with E-state index in [1.54, 1.807) is 35.9 Å². The van der Waals surface area contributed by atoms with Crippen LogP contribution < -0.4 is 16.4 Å². The fourth-order valence-electron chi connectivity index (χ4n) is 5.41. The van der Waals surface area contributed by atoms with Gasteiger partial charge in [-0.1, -0.05) is 26.5 Å². The molecule has 0 spiro atoms. The van der Waals surface area contributed by atoms with Gasteiger partial charge < -0.3 is 40.4 Å². The molecule has 2 saturated heterocycles. The predicted molar refractivity (Wildman–Crippen MR) is 176 cm³/mol. The number of likely N-dealkylation sites (tertiary alicyclic amines) is 2. The average Bonchev–Trinajstić information content (AvgIpc) is 3.84. The maximum Gasteiger partial charge on any atom is 0.407 e. The first-order valence-electron chi connectivity index (χ1n) is 15.6. The van der Waals surface area contributed by atoms with Crippen molar-refractivity contribution in [1.29, 1.82) is 0 Å². The van der Waals surface area contributed by atoms with Crippen molar-refractivity contribution in [3.05, 3.63) is 41.6 Å². The molecular formula is C33H46N8O6. The number of ether oxygens (including phenoxy) is 2. The summed E-state index contributed by atoms with van der Waals surface area (Å²) in [5.41, 5.74) is 8.03. The lowest BCUT2D eigenvalue weighted by molar-refractivity contribution is -0.142. The normalized spacial score (nSPS) is 20.3. The number of nitrogens with zero attached hydrogens (tertiary/aromatic N) is 4. The van der Waals surface area contributed by atoms with Crippen LogP contribution in [-0.4, -0.2) is 100 Å². The molecule has 6 N–H and O–H groups in total. The molecule has 2 fully saturated rings. The molecule has 3 amide bonds. The number of carbonyl (C=O) groups is 3. The molecule has 0 radical (unpaired) electrons. The number of carbonyl (C=O) groups excluding carboxylic acids is 3. The van der Waals surface area contributed by atoms with E-state index in [2.05, 4.69) is 55.9 Å². The van der Waals surface area contributed by atoms with Gasteiger partial charge in [-0.2, -0.15) is 0 Å². The lowest BCUT2D eigenvalue weighted by Gasteiger charge is -2.30. The zero-order valence-corrected chi connectivity index (χ0v) is 27.9. The largest absolute Gasteiger partial charge is 0.453 e. The highest BCUT2D eigenvalue weighted by atomic mass is 16.6. The molecule has 254 valence electrons. The molecule has 47 heavy (non-hydrogen) atoms. The standard InChI is InChI=1S/C33H46N8O6/c1-8-21(4)24(38-28(34)25-15-11-17-40(25)31(43)27(20(2)3)39-33(45)47-7)14-10-9-13-23-19-35-29(37-23)26-16-12-18-41(26)30(42)22(5)36-32(44)46-6/h8,19-20,22,25-27,32,36,44H,1,11-12,15-18H2,2-7H3,(H2,34,38)(H,35,37)(H,39,45)/b24-21-/t22-,25+,26+,27+,32?/m1/s1. The van der Waals surface area contributed by atoms with Crippen LogP contribution in [-0.2, 0) is 19.1 Å². The number of amidine groups is 1. The van der Waals surface area contributed by atoms with Crippen molar-refractivity contribution in [1.82, 2.24) is 30.4 Å². The average molecular weight is 651 g/mol. The van der Waals surface area contributed by atoms with E-state index in [1.165, 1.54) is 14.2 Å². The number of hydrogen-bond acceptors (Lipinski definition) is 9. The number of imidazole rings is 1. The lowest BCUT2D eigenvalue weighted by Crippen LogP contribution is -2.54. The molecule has 0 saturated carbocycles. The third-order valence-corrected chi connectivity index (χ3v) is 8.06. The number of aliphatic hydroxyl groups excluding tert-OH is 1. The number of alkyl carbamates (subject to hydrolysis) is 1. The van der Waals surface area contributed by atoms with E-state index >= 15 is 0 Å². The number of aromatic amines is 1. The molecule has 0 aliphatic carbocycles. The summed E-state index contributed by atoms with van der Waals surface area (Å²) in [4.78, 5) is 53.9. The zero-order valence-electron chi connectivity index (χ0n) is 27.9. The first-order valence-corrected chi connectivity index (χ1v) is 15.6. The zero-order chi connectivity index (χ0) is 34.7. The van der Waals surface area contributed by atoms with Gasteiger partial charge in [0.1, 0.15) is 29.1 Å². The highest BCUT2D eigenvalue weighted by Gasteiger charge is 2.37. The van der Waals surface area contributed by atoms with Crippen LogP contribution >= 0.6 is 0 Å². The molecule has 2 aliphatic rings. The number of rotatable bonds is 11. The molecular weight excluding hydrogens is 604 g/mol. The number of hydrogen-bond donors (Lipinski definition) is 5. The second-order valence-electron chi connectivity index (χ2n) is 11.7. The number of methoxy groups -OCH3 is 2. The molecule has 5 atom stereocenters. The van der Waals surface area contributed by atoms with E-state index in [-0.39, 0.29) is 29.6 Å². The molecule has 0 bridgehead atoms. The number of aliphatic hydroxyl groups is 1. The van der Waals surface area contributed by atoms with E-state index in [4.69, 9.17) is 15.2 Å². The Hall–Kier alpha value is -4.63. The summed E-state index contributed by atoms with van der Waals surface area (Å²) < 4.78 is 9.49. The Kier molecular flexibility index (Phi) is 13.6. The molecule has 14 heteroatoms. The van der Waals surface area contributed by atoms with Gasteiger partial charge in [-0.25, -0.2) is 14.8 Å². The Bertz CT molecular complexity index is 1490. The second-order valence-corrected chi connectivity index (χ2v) is 11.7. The first kappa shape index (κ1) is 36.8. The predicted octanol–water partition coefficient (Wildman–Crippen LogP) is 1.52. The third-order valence-electron chi connectivity index (χ3n) is 8.06. The molecule has 14 nitrogen and oxygen atoms in total. The summed E-state index contributed by atoms with van der Waals surface area (Å²) in [5, 5.41) is 15.0. The summed E-state index contributed by atoms with van der Waals surface area (Å²) >= 11 is 0. The van der Waals surface area contributed by atoms with Crippen molar-refractivity contribution in [2.45, 2.75) is 84.0 Å². The van der Waals surface area contributed by atoms with Crippen molar-refractivity contribution < 1.29 is 29.0 Å². The van der Waals surface area contributed by atoms with Crippen LogP contribution in [0.1, 0.15) is 70.9 Å². The number of aromatic nitrogens is 2. The molecule has 1 aromatic rings. The molecule has 3 rings (SSSR count). The van der Waals surface area contributed by atoms with Gasteiger partial charge in [0.15, 0.2) is 0 Å². The topological polar surface area (TPSA) is 188 Å². The monoisotopic (exact) mass is 650 g/mol. The van der Waals surface area contributed by atoms with Crippen LogP contribution in [0.4, 0.5) is 4.79 Å². The molecule has 3 heterocycles. The lowest BCUT2D eigenvalue weighted by atomic mass is 10.0. The van der Waals surface area contributed by atoms with Crippen LogP contribution in [0.2, 0.25) is 0 Å². The first-order chi connectivity index (χ1) is 22.4. The van der Waals surface area contributed by atoms with Crippen molar-refractivity contribution >= 4 is 23.7 Å². The second kappa shape index (κ2) is 17.3. The van der Waals surface area contributed by atoms with Gasteiger partial charge in [-0.15, -0.1) is 0 Å². The minimum Gasteiger partial charge on any atom is -0.453 e. The van der Waals surface area contributed by atoms with Gasteiger partial charge in [0.25, 0.3) is 0 Å². The Morgan fingerprint density at radius 2 is 1.87 bits per heavy atom. The highest BCUT2D eigenvalue weighted by molar-refractivity contribution is 5.94. The fraction of sp³-hybridized carbons (Fsp3) is 0.545. The molecule has 0 aromatic carbocycles. The minimum atomic E-state index is -1.24. The summed E-state index contributed by atoms with van der Waals surface area (Å²) in [7, 11) is 2.59. The maximum absolute atomic E-state index is 13.4. The molecule has 1 unspecified atom stereocenters. The number of allylic oxidation sites excluding steroid dienone is 3. The Labute approximate surface area is 276 Å². The number of amides is 3. The molecule has 1 aromatic heterocycles. The Morgan fingerprint density at radius 1 is 1.17 bits per heavy atom. The summed E-state index contributed by atoms with van der Waals surface area (Å²) in [6.07, 6.45) is 4.20. The molecule has 2 aliphatic heterocycles. The number of nitrogens with two attached hydrogens (primary N) is 1. The van der Waals surface area contributed by atoms with Crippen molar-refractivity contribution in [2.75, 3.05) is 27.3 Å². The summed E-state index contributed by atoms with van der Waals surface area (Å²) in [5.74, 6) is 11.8. The summed E-state index contributed by atoms with van der Waals surface area (Å²) in [6.45, 7) is 12.0. The van der Waals surface area contributed by atoms with Crippen LogP contribution in [0.25, 0.3) is 0 Å². The fourth-order valence-corrected chi connectivity index (χ4v) is 5.41. The van der Waals surface area contributed by atoms with Crippen LogP contribution in [0, 0.1) is 29.6 Å². The number of H-pyrrole nitrogens is 1. The van der Waals surface area contributed by atoms with Crippen LogP contribution in [0.5, 0.6) is 0 Å². The number of aliphatic imine (C=N–C) groups is 1. The van der Waals surface area contributed by atoms with Crippen molar-refractivity contribution in [3.8, 4) is 23.7 Å². The van der Waals surface area contributed by atoms with Gasteiger partial charge in [-0.3, -0.25) is 14.9 Å². The minimum absolute atomic E-state index is 0.169. The quantitative estimate of drug-likeness (QED) is 0.0778. The van der Waals surface area contributed by atoms with Gasteiger partial charge in [0.2, 0.25) is 18.2 Å². The van der Waals surface area contributed by atoms with Crippen molar-refractivity contribution in [2.24, 2.45) is 16.6 Å². The van der Waals surface area contributed by atoms with Crippen LogP contribution in [0.3, 0.4) is 0 Å². The smallest absolute Gasteiger partial charge is 0.407 e. The Balaban J connectivity index is 1.75. The van der Waals surface area contributed by atoms with E-state index in [0.29, 0.717) is 42.3 Å². The highest BCUT2D eigenvalue weighted by Crippen LogP contribution is 2.30. The van der Waals surface area contributed by atoms with Gasteiger partial charge in [0, 0.05) is 20.2 Å². The third kappa shape index (κ3) is 9.68. The van der Waals surface area contributed by atoms with E-state index in [1.807, 2.05) is 13.8 Å².